The molecule has 0 radical (unpaired) electrons. The lowest BCUT2D eigenvalue weighted by Crippen LogP contribution is -2.41. The number of hydrogen-bond acceptors (Lipinski definition) is 8. The first-order valence-corrected chi connectivity index (χ1v) is 13.3. The number of amides is 1. The Morgan fingerprint density at radius 1 is 1.09 bits per heavy atom. The van der Waals surface area contributed by atoms with E-state index in [0.717, 1.165) is 38.3 Å². The Bertz CT molecular complexity index is 1160. The number of carbonyl (C=O) groups excluding carboxylic acids is 1. The fraction of sp³-hybridized carbons (Fsp3) is 0.286. The summed E-state index contributed by atoms with van der Waals surface area (Å²) in [7, 11) is -3.85. The number of hydrogen-bond donors (Lipinski definition) is 0. The molecule has 0 bridgehead atoms. The third-order valence-electron chi connectivity index (χ3n) is 4.93. The van der Waals surface area contributed by atoms with Crippen molar-refractivity contribution in [3.05, 3.63) is 60.4 Å². The van der Waals surface area contributed by atoms with Gasteiger partial charge in [-0.1, -0.05) is 42.5 Å². The van der Waals surface area contributed by atoms with Gasteiger partial charge in [-0.15, -0.1) is 0 Å². The molecular formula is C21H22N4O4S3. The average Bonchev–Trinajstić information content (AvgIpc) is 3.28. The second-order valence-corrected chi connectivity index (χ2v) is 10.4. The molecule has 0 saturated carbocycles. The SMILES string of the molecule is CSN(c1nc(CC(=O)N2CCOCC2)ns1)S(=O)(=O)c1ccc(-c2ccccc2)cc1. The van der Waals surface area contributed by atoms with Crippen LogP contribution in [0.4, 0.5) is 5.13 Å². The Kier molecular flexibility index (Phi) is 7.09. The van der Waals surface area contributed by atoms with Gasteiger partial charge in [0.1, 0.15) is 0 Å². The largest absolute Gasteiger partial charge is 0.378 e. The van der Waals surface area contributed by atoms with Crippen LogP contribution < -0.4 is 3.71 Å². The number of anilines is 1. The molecule has 0 atom stereocenters. The van der Waals surface area contributed by atoms with Gasteiger partial charge < -0.3 is 9.64 Å². The third kappa shape index (κ3) is 4.96. The summed E-state index contributed by atoms with van der Waals surface area (Å²) in [6, 6.07) is 16.5. The van der Waals surface area contributed by atoms with Crippen LogP contribution in [0.1, 0.15) is 5.82 Å². The molecule has 0 N–H and O–H groups in total. The van der Waals surface area contributed by atoms with E-state index in [4.69, 9.17) is 4.74 Å². The Morgan fingerprint density at radius 2 is 1.75 bits per heavy atom. The van der Waals surface area contributed by atoms with E-state index in [9.17, 15) is 13.2 Å². The van der Waals surface area contributed by atoms with Gasteiger partial charge in [-0.25, -0.2) is 13.4 Å². The topological polar surface area (TPSA) is 92.7 Å². The standard InChI is InChI=1S/C21H22N4O4S3/c1-30-25(21-22-19(23-31-21)15-20(26)24-11-13-29-14-12-24)32(27,28)18-9-7-17(8-10-18)16-5-3-2-4-6-16/h2-10H,11-15H2,1H3. The second kappa shape index (κ2) is 9.99. The summed E-state index contributed by atoms with van der Waals surface area (Å²) in [5.41, 5.74) is 1.94. The maximum Gasteiger partial charge on any atom is 0.275 e. The first-order chi connectivity index (χ1) is 15.5. The number of ether oxygens (including phenoxy) is 1. The monoisotopic (exact) mass is 490 g/mol. The van der Waals surface area contributed by atoms with Gasteiger partial charge in [-0.2, -0.15) is 8.08 Å². The van der Waals surface area contributed by atoms with E-state index in [1.807, 2.05) is 30.3 Å². The lowest BCUT2D eigenvalue weighted by atomic mass is 10.1. The van der Waals surface area contributed by atoms with E-state index in [-0.39, 0.29) is 22.4 Å². The van der Waals surface area contributed by atoms with Crippen LogP contribution in [0.25, 0.3) is 11.1 Å². The number of benzene rings is 2. The molecular weight excluding hydrogens is 468 g/mol. The minimum Gasteiger partial charge on any atom is -0.378 e. The van der Waals surface area contributed by atoms with Crippen molar-refractivity contribution < 1.29 is 17.9 Å². The molecule has 11 heteroatoms. The van der Waals surface area contributed by atoms with Gasteiger partial charge in [0.05, 0.1) is 24.5 Å². The van der Waals surface area contributed by atoms with Gasteiger partial charge in [0.2, 0.25) is 11.0 Å². The summed E-state index contributed by atoms with van der Waals surface area (Å²) < 4.78 is 37.1. The number of rotatable bonds is 7. The summed E-state index contributed by atoms with van der Waals surface area (Å²) in [4.78, 5) is 18.6. The van der Waals surface area contributed by atoms with Crippen molar-refractivity contribution in [1.29, 1.82) is 0 Å². The maximum atomic E-state index is 13.2. The molecule has 1 saturated heterocycles. The zero-order valence-corrected chi connectivity index (χ0v) is 19.8. The fourth-order valence-electron chi connectivity index (χ4n) is 3.28. The van der Waals surface area contributed by atoms with E-state index < -0.39 is 10.0 Å². The van der Waals surface area contributed by atoms with Crippen LogP contribution in [0.3, 0.4) is 0 Å². The smallest absolute Gasteiger partial charge is 0.275 e. The predicted octanol–water partition coefficient (Wildman–Crippen LogP) is 3.08. The highest BCUT2D eigenvalue weighted by molar-refractivity contribution is 8.14. The summed E-state index contributed by atoms with van der Waals surface area (Å²) in [5, 5.41) is 0.217. The van der Waals surface area contributed by atoms with Crippen molar-refractivity contribution in [3.8, 4) is 11.1 Å². The van der Waals surface area contributed by atoms with Crippen LogP contribution in [0.5, 0.6) is 0 Å². The van der Waals surface area contributed by atoms with Crippen LogP contribution in [-0.2, 0) is 26.0 Å². The zero-order chi connectivity index (χ0) is 22.6. The molecule has 0 aliphatic carbocycles. The minimum absolute atomic E-state index is 0.0323. The summed E-state index contributed by atoms with van der Waals surface area (Å²) in [6.07, 6.45) is 1.69. The van der Waals surface area contributed by atoms with Crippen LogP contribution in [-0.4, -0.2) is 61.1 Å². The number of nitrogens with zero attached hydrogens (tertiary/aromatic N) is 4. The Hall–Kier alpha value is -2.47. The van der Waals surface area contributed by atoms with Gasteiger partial charge in [-0.3, -0.25) is 4.79 Å². The van der Waals surface area contributed by atoms with Crippen LogP contribution in [0.2, 0.25) is 0 Å². The molecule has 1 aromatic heterocycles. The van der Waals surface area contributed by atoms with Crippen molar-refractivity contribution in [2.24, 2.45) is 0 Å². The highest BCUT2D eigenvalue weighted by Crippen LogP contribution is 2.31. The third-order valence-corrected chi connectivity index (χ3v) is 8.92. The first kappa shape index (κ1) is 22.7. The molecule has 1 fully saturated rings. The highest BCUT2D eigenvalue weighted by atomic mass is 32.3. The van der Waals surface area contributed by atoms with Crippen molar-refractivity contribution >= 4 is 44.5 Å². The van der Waals surface area contributed by atoms with Crippen LogP contribution in [0.15, 0.2) is 59.5 Å². The molecule has 1 aliphatic rings. The van der Waals surface area contributed by atoms with Gasteiger partial charge in [0.15, 0.2) is 5.82 Å². The maximum absolute atomic E-state index is 13.2. The van der Waals surface area contributed by atoms with Crippen LogP contribution in [0, 0.1) is 0 Å². The average molecular weight is 491 g/mol. The molecule has 3 aromatic rings. The van der Waals surface area contributed by atoms with E-state index in [1.165, 1.54) is 0 Å². The van der Waals surface area contributed by atoms with Gasteiger partial charge >= 0.3 is 0 Å². The molecule has 1 amide bonds. The normalized spacial score (nSPS) is 14.3. The Morgan fingerprint density at radius 3 is 2.41 bits per heavy atom. The Labute approximate surface area is 195 Å². The molecule has 4 rings (SSSR count). The molecule has 2 aromatic carbocycles. The van der Waals surface area contributed by atoms with E-state index in [1.54, 1.807) is 35.4 Å². The summed E-state index contributed by atoms with van der Waals surface area (Å²) in [5.74, 6) is 0.225. The van der Waals surface area contributed by atoms with Crippen molar-refractivity contribution in [2.75, 3.05) is 36.3 Å². The molecule has 2 heterocycles. The van der Waals surface area contributed by atoms with E-state index in [0.29, 0.717) is 32.1 Å². The van der Waals surface area contributed by atoms with Gasteiger partial charge in [0.25, 0.3) is 10.0 Å². The van der Waals surface area contributed by atoms with Crippen molar-refractivity contribution in [2.45, 2.75) is 11.3 Å². The zero-order valence-electron chi connectivity index (χ0n) is 17.4. The fourth-order valence-corrected chi connectivity index (χ4v) is 6.66. The molecule has 32 heavy (non-hydrogen) atoms. The predicted molar refractivity (Wildman–Crippen MR) is 126 cm³/mol. The van der Waals surface area contributed by atoms with Crippen LogP contribution >= 0.6 is 23.5 Å². The molecule has 0 unspecified atom stereocenters. The molecule has 0 spiro atoms. The Balaban J connectivity index is 1.51. The molecule has 1 aliphatic heterocycles. The number of aromatic nitrogens is 2. The second-order valence-electron chi connectivity index (χ2n) is 6.97. The van der Waals surface area contributed by atoms with E-state index in [2.05, 4.69) is 9.36 Å². The minimum atomic E-state index is -3.85. The van der Waals surface area contributed by atoms with Gasteiger partial charge in [-0.05, 0) is 35.2 Å². The lowest BCUT2D eigenvalue weighted by molar-refractivity contribution is -0.134. The summed E-state index contributed by atoms with van der Waals surface area (Å²) >= 11 is 1.99. The molecule has 8 nitrogen and oxygen atoms in total. The number of morpholine rings is 1. The quantitative estimate of drug-likeness (QED) is 0.470. The summed E-state index contributed by atoms with van der Waals surface area (Å²) in [6.45, 7) is 2.12. The van der Waals surface area contributed by atoms with E-state index >= 15 is 0 Å². The first-order valence-electron chi connectivity index (χ1n) is 9.92. The lowest BCUT2D eigenvalue weighted by Gasteiger charge is -2.26. The van der Waals surface area contributed by atoms with Crippen molar-refractivity contribution in [1.82, 2.24) is 14.3 Å². The van der Waals surface area contributed by atoms with Gasteiger partial charge in [0, 0.05) is 30.9 Å². The number of carbonyl (C=O) groups is 1. The molecule has 168 valence electrons. The highest BCUT2D eigenvalue weighted by Gasteiger charge is 2.28. The number of sulfonamides is 1. The van der Waals surface area contributed by atoms with Crippen molar-refractivity contribution in [3.63, 3.8) is 0 Å².